The Morgan fingerprint density at radius 2 is 2.12 bits per heavy atom. The van der Waals surface area contributed by atoms with Gasteiger partial charge < -0.3 is 10.5 Å². The summed E-state index contributed by atoms with van der Waals surface area (Å²) in [5, 5.41) is 15.2. The third-order valence-electron chi connectivity index (χ3n) is 2.33. The van der Waals surface area contributed by atoms with Crippen molar-refractivity contribution in [3.63, 3.8) is 0 Å². The lowest BCUT2D eigenvalue weighted by Crippen LogP contribution is -2.31. The van der Waals surface area contributed by atoms with E-state index in [4.69, 9.17) is 5.21 Å². The van der Waals surface area contributed by atoms with Crippen LogP contribution in [0.15, 0.2) is 40.4 Å². The van der Waals surface area contributed by atoms with Crippen LogP contribution in [0.4, 0.5) is 0 Å². The Labute approximate surface area is 105 Å². The van der Waals surface area contributed by atoms with Gasteiger partial charge in [0.25, 0.3) is 0 Å². The van der Waals surface area contributed by atoms with Crippen LogP contribution in [0.5, 0.6) is 0 Å². The highest BCUT2D eigenvalue weighted by atomic mass is 32.2. The smallest absolute Gasteiger partial charge is 0.229 e. The highest BCUT2D eigenvalue weighted by Gasteiger charge is 2.23. The van der Waals surface area contributed by atoms with Crippen LogP contribution in [-0.4, -0.2) is 23.2 Å². The first-order valence-electron chi connectivity index (χ1n) is 5.39. The Balaban J connectivity index is 2.82. The minimum atomic E-state index is -0.407. The molecule has 5 heteroatoms. The number of rotatable bonds is 4. The lowest BCUT2D eigenvalue weighted by atomic mass is 10.1. The van der Waals surface area contributed by atoms with E-state index in [0.717, 1.165) is 4.90 Å². The molecule has 0 aliphatic heterocycles. The predicted molar refractivity (Wildman–Crippen MR) is 69.4 cm³/mol. The normalized spacial score (nSPS) is 13.2. The van der Waals surface area contributed by atoms with Gasteiger partial charge in [-0.15, -0.1) is 0 Å². The van der Waals surface area contributed by atoms with Gasteiger partial charge in [0.2, 0.25) is 5.91 Å². The van der Waals surface area contributed by atoms with Crippen molar-refractivity contribution in [3.05, 3.63) is 30.3 Å². The average Bonchev–Trinajstić information content (AvgIpc) is 2.39. The molecule has 4 nitrogen and oxygen atoms in total. The van der Waals surface area contributed by atoms with Crippen LogP contribution in [0.1, 0.15) is 13.3 Å². The summed E-state index contributed by atoms with van der Waals surface area (Å²) in [6.07, 6.45) is 0.596. The number of thioether (sulfide) groups is 1. The number of carbonyl (C=O) groups excluding carboxylic acids is 1. The second-order valence-electron chi connectivity index (χ2n) is 3.43. The SMILES string of the molecule is CCC(C(=O)NC)/C(=N/O)Sc1ccccc1. The number of carbonyl (C=O) groups is 1. The van der Waals surface area contributed by atoms with Crippen LogP contribution in [0.25, 0.3) is 0 Å². The average molecular weight is 252 g/mol. The van der Waals surface area contributed by atoms with E-state index in [1.54, 1.807) is 7.05 Å². The van der Waals surface area contributed by atoms with Crippen molar-refractivity contribution in [1.29, 1.82) is 0 Å². The fourth-order valence-corrected chi connectivity index (χ4v) is 2.41. The monoisotopic (exact) mass is 252 g/mol. The molecule has 0 fully saturated rings. The quantitative estimate of drug-likeness (QED) is 0.284. The molecule has 1 rings (SSSR count). The zero-order valence-corrected chi connectivity index (χ0v) is 10.7. The van der Waals surface area contributed by atoms with Crippen molar-refractivity contribution in [2.45, 2.75) is 18.2 Å². The van der Waals surface area contributed by atoms with Gasteiger partial charge in [0.05, 0.1) is 5.92 Å². The van der Waals surface area contributed by atoms with Crippen LogP contribution in [0.3, 0.4) is 0 Å². The summed E-state index contributed by atoms with van der Waals surface area (Å²) in [6, 6.07) is 9.53. The molecule has 0 bridgehead atoms. The molecule has 1 aromatic carbocycles. The van der Waals surface area contributed by atoms with Gasteiger partial charge >= 0.3 is 0 Å². The topological polar surface area (TPSA) is 61.7 Å². The number of oxime groups is 1. The molecule has 1 unspecified atom stereocenters. The largest absolute Gasteiger partial charge is 0.410 e. The zero-order valence-electron chi connectivity index (χ0n) is 9.88. The maximum atomic E-state index is 11.6. The van der Waals surface area contributed by atoms with Gasteiger partial charge in [-0.3, -0.25) is 4.79 Å². The standard InChI is InChI=1S/C12H16N2O2S/c1-3-10(11(15)13-2)12(14-16)17-9-7-5-4-6-8-9/h4-8,10,16H,3H2,1-2H3,(H,13,15)/b14-12-. The molecule has 0 aliphatic carbocycles. The van der Waals surface area contributed by atoms with Gasteiger partial charge in [-0.05, 0) is 18.6 Å². The first kappa shape index (κ1) is 13.6. The Bertz CT molecular complexity index is 393. The highest BCUT2D eigenvalue weighted by Crippen LogP contribution is 2.24. The van der Waals surface area contributed by atoms with Gasteiger partial charge in [0.15, 0.2) is 0 Å². The molecule has 1 atom stereocenters. The van der Waals surface area contributed by atoms with E-state index >= 15 is 0 Å². The number of amides is 1. The van der Waals surface area contributed by atoms with E-state index in [1.807, 2.05) is 37.3 Å². The van der Waals surface area contributed by atoms with Crippen LogP contribution in [0.2, 0.25) is 0 Å². The molecule has 0 heterocycles. The minimum Gasteiger partial charge on any atom is -0.410 e. The number of hydrogen-bond donors (Lipinski definition) is 2. The van der Waals surface area contributed by atoms with Crippen molar-refractivity contribution >= 4 is 22.7 Å². The van der Waals surface area contributed by atoms with Crippen molar-refractivity contribution in [1.82, 2.24) is 5.32 Å². The molecule has 1 aromatic rings. The summed E-state index contributed by atoms with van der Waals surface area (Å²) in [6.45, 7) is 1.89. The van der Waals surface area contributed by atoms with Gasteiger partial charge in [-0.2, -0.15) is 0 Å². The van der Waals surface area contributed by atoms with E-state index in [0.29, 0.717) is 11.5 Å². The van der Waals surface area contributed by atoms with E-state index in [2.05, 4.69) is 10.5 Å². The lowest BCUT2D eigenvalue weighted by molar-refractivity contribution is -0.122. The molecular weight excluding hydrogens is 236 g/mol. The van der Waals surface area contributed by atoms with Crippen molar-refractivity contribution in [3.8, 4) is 0 Å². The molecule has 0 saturated heterocycles. The molecule has 0 spiro atoms. The third-order valence-corrected chi connectivity index (χ3v) is 3.42. The summed E-state index contributed by atoms with van der Waals surface area (Å²) < 4.78 is 0. The Morgan fingerprint density at radius 1 is 1.47 bits per heavy atom. The highest BCUT2D eigenvalue weighted by molar-refractivity contribution is 8.14. The summed E-state index contributed by atoms with van der Waals surface area (Å²) in [7, 11) is 1.58. The fourth-order valence-electron chi connectivity index (χ4n) is 1.42. The molecule has 2 N–H and O–H groups in total. The first-order chi connectivity index (χ1) is 8.22. The maximum Gasteiger partial charge on any atom is 0.229 e. The van der Waals surface area contributed by atoms with E-state index < -0.39 is 5.92 Å². The second-order valence-corrected chi connectivity index (χ2v) is 4.52. The first-order valence-corrected chi connectivity index (χ1v) is 6.21. The molecule has 0 aromatic heterocycles. The Kier molecular flexibility index (Phi) is 5.56. The molecule has 0 aliphatic rings. The lowest BCUT2D eigenvalue weighted by Gasteiger charge is -2.14. The minimum absolute atomic E-state index is 0.135. The van der Waals surface area contributed by atoms with Gasteiger partial charge in [0.1, 0.15) is 5.04 Å². The van der Waals surface area contributed by atoms with Crippen LogP contribution in [-0.2, 0) is 4.79 Å². The molecular formula is C12H16N2O2S. The number of nitrogens with zero attached hydrogens (tertiary/aromatic N) is 1. The third kappa shape index (κ3) is 3.78. The van der Waals surface area contributed by atoms with E-state index in [-0.39, 0.29) is 5.91 Å². The van der Waals surface area contributed by atoms with Gasteiger partial charge in [0, 0.05) is 11.9 Å². The van der Waals surface area contributed by atoms with E-state index in [1.165, 1.54) is 11.8 Å². The Morgan fingerprint density at radius 3 is 2.59 bits per heavy atom. The number of nitrogens with one attached hydrogen (secondary N) is 1. The summed E-state index contributed by atoms with van der Waals surface area (Å²) in [5.74, 6) is -0.543. The maximum absolute atomic E-state index is 11.6. The van der Waals surface area contributed by atoms with Gasteiger partial charge in [-0.1, -0.05) is 42.0 Å². The van der Waals surface area contributed by atoms with Crippen LogP contribution in [0, 0.1) is 5.92 Å². The Hall–Kier alpha value is -1.49. The predicted octanol–water partition coefficient (Wildman–Crippen LogP) is 2.34. The number of hydrogen-bond acceptors (Lipinski definition) is 4. The van der Waals surface area contributed by atoms with Crippen molar-refractivity contribution in [2.75, 3.05) is 7.05 Å². The van der Waals surface area contributed by atoms with Crippen LogP contribution >= 0.6 is 11.8 Å². The van der Waals surface area contributed by atoms with Crippen LogP contribution < -0.4 is 5.32 Å². The van der Waals surface area contributed by atoms with Gasteiger partial charge in [-0.25, -0.2) is 0 Å². The molecule has 0 radical (unpaired) electrons. The molecule has 1 amide bonds. The molecule has 0 saturated carbocycles. The zero-order chi connectivity index (χ0) is 12.7. The summed E-state index contributed by atoms with van der Waals surface area (Å²) in [5.41, 5.74) is 0. The fraction of sp³-hybridized carbons (Fsp3) is 0.333. The number of benzene rings is 1. The van der Waals surface area contributed by atoms with Crippen molar-refractivity contribution < 1.29 is 10.0 Å². The molecule has 92 valence electrons. The summed E-state index contributed by atoms with van der Waals surface area (Å²) >= 11 is 1.30. The second kappa shape index (κ2) is 6.96. The summed E-state index contributed by atoms with van der Waals surface area (Å²) in [4.78, 5) is 12.6. The molecule has 17 heavy (non-hydrogen) atoms. The van der Waals surface area contributed by atoms with Crippen molar-refractivity contribution in [2.24, 2.45) is 11.1 Å². The van der Waals surface area contributed by atoms with E-state index in [9.17, 15) is 4.79 Å².